The van der Waals surface area contributed by atoms with Gasteiger partial charge in [0.15, 0.2) is 0 Å². The molecule has 6 nitrogen and oxygen atoms in total. The predicted octanol–water partition coefficient (Wildman–Crippen LogP) is 2.61. The average molecular weight is 357 g/mol. The second-order valence-corrected chi connectivity index (χ2v) is 6.02. The number of rotatable bonds is 6. The molecule has 2 heterocycles. The van der Waals surface area contributed by atoms with E-state index in [1.54, 1.807) is 36.1 Å². The van der Waals surface area contributed by atoms with Crippen LogP contribution in [0.5, 0.6) is 0 Å². The van der Waals surface area contributed by atoms with E-state index in [4.69, 9.17) is 4.74 Å². The van der Waals surface area contributed by atoms with E-state index < -0.39 is 5.97 Å². The van der Waals surface area contributed by atoms with Crippen LogP contribution in [0, 0.1) is 5.82 Å². The quantitative estimate of drug-likeness (QED) is 0.805. The van der Waals surface area contributed by atoms with Crippen molar-refractivity contribution in [1.82, 2.24) is 9.88 Å². The molecule has 1 aromatic heterocycles. The fourth-order valence-electron chi connectivity index (χ4n) is 2.83. The number of benzene rings is 1. The van der Waals surface area contributed by atoms with E-state index in [2.05, 4.69) is 10.3 Å². The first kappa shape index (κ1) is 17.8. The first-order valence-corrected chi connectivity index (χ1v) is 8.49. The van der Waals surface area contributed by atoms with E-state index in [9.17, 15) is 14.0 Å². The first-order valence-electron chi connectivity index (χ1n) is 8.49. The number of likely N-dealkylation sites (tertiary alicyclic amines) is 1. The van der Waals surface area contributed by atoms with Gasteiger partial charge >= 0.3 is 5.97 Å². The topological polar surface area (TPSA) is 71.5 Å². The van der Waals surface area contributed by atoms with Gasteiger partial charge in [0.25, 0.3) is 0 Å². The van der Waals surface area contributed by atoms with E-state index >= 15 is 0 Å². The maximum atomic E-state index is 13.0. The van der Waals surface area contributed by atoms with Crippen molar-refractivity contribution in [3.05, 3.63) is 59.5 Å². The van der Waals surface area contributed by atoms with Gasteiger partial charge in [0.05, 0.1) is 12.2 Å². The van der Waals surface area contributed by atoms with Crippen molar-refractivity contribution in [3.8, 4) is 0 Å². The number of ether oxygens (including phenoxy) is 1. The summed E-state index contributed by atoms with van der Waals surface area (Å²) in [7, 11) is 0. The minimum atomic E-state index is -0.422. The molecule has 1 N–H and O–H groups in total. The Hall–Kier alpha value is -2.96. The Labute approximate surface area is 151 Å². The van der Waals surface area contributed by atoms with Gasteiger partial charge in [-0.15, -0.1) is 0 Å². The lowest BCUT2D eigenvalue weighted by Gasteiger charge is -2.17. The summed E-state index contributed by atoms with van der Waals surface area (Å²) in [4.78, 5) is 30.1. The highest BCUT2D eigenvalue weighted by Gasteiger charge is 2.31. The van der Waals surface area contributed by atoms with Crippen LogP contribution in [0.2, 0.25) is 0 Å². The van der Waals surface area contributed by atoms with E-state index in [0.717, 1.165) is 5.56 Å². The maximum absolute atomic E-state index is 13.0. The number of carbonyl (C=O) groups excluding carboxylic acids is 2. The van der Waals surface area contributed by atoms with Gasteiger partial charge in [-0.25, -0.2) is 14.2 Å². The third-order valence-electron chi connectivity index (χ3n) is 4.18. The van der Waals surface area contributed by atoms with Gasteiger partial charge in [-0.1, -0.05) is 12.1 Å². The standard InChI is InChI=1S/C19H20FN3O3/c1-2-26-19(25)14-5-8-17(21-11-14)22-16-9-10-23(18(16)24)12-13-3-6-15(20)7-4-13/h3-8,11,16H,2,9-10,12H2,1H3,(H,21,22). The van der Waals surface area contributed by atoms with Gasteiger partial charge in [0, 0.05) is 19.3 Å². The van der Waals surface area contributed by atoms with Crippen LogP contribution in [0.4, 0.5) is 10.2 Å². The number of anilines is 1. The van der Waals surface area contributed by atoms with Gasteiger partial charge in [0.1, 0.15) is 17.7 Å². The Balaban J connectivity index is 1.58. The number of carbonyl (C=O) groups is 2. The van der Waals surface area contributed by atoms with Crippen LogP contribution in [0.1, 0.15) is 29.3 Å². The summed E-state index contributed by atoms with van der Waals surface area (Å²) < 4.78 is 17.9. The summed E-state index contributed by atoms with van der Waals surface area (Å²) >= 11 is 0. The van der Waals surface area contributed by atoms with Crippen LogP contribution in [0.15, 0.2) is 42.6 Å². The molecule has 0 spiro atoms. The fourth-order valence-corrected chi connectivity index (χ4v) is 2.83. The van der Waals surface area contributed by atoms with Crippen molar-refractivity contribution in [2.45, 2.75) is 25.9 Å². The zero-order valence-corrected chi connectivity index (χ0v) is 14.4. The zero-order chi connectivity index (χ0) is 18.5. The number of halogens is 1. The Bertz CT molecular complexity index is 778. The molecule has 0 saturated carbocycles. The second kappa shape index (κ2) is 7.95. The van der Waals surface area contributed by atoms with Crippen LogP contribution in [-0.4, -0.2) is 41.0 Å². The molecule has 3 rings (SSSR count). The van der Waals surface area contributed by atoms with Gasteiger partial charge in [-0.2, -0.15) is 0 Å². The number of hydrogen-bond donors (Lipinski definition) is 1. The van der Waals surface area contributed by atoms with Crippen molar-refractivity contribution in [2.24, 2.45) is 0 Å². The fraction of sp³-hybridized carbons (Fsp3) is 0.316. The highest BCUT2D eigenvalue weighted by atomic mass is 19.1. The Morgan fingerprint density at radius 2 is 2.08 bits per heavy atom. The molecule has 1 amide bonds. The molecule has 7 heteroatoms. The van der Waals surface area contributed by atoms with Crippen molar-refractivity contribution in [2.75, 3.05) is 18.5 Å². The molecule has 1 atom stereocenters. The lowest BCUT2D eigenvalue weighted by atomic mass is 10.2. The lowest BCUT2D eigenvalue weighted by Crippen LogP contribution is -2.33. The van der Waals surface area contributed by atoms with Crippen LogP contribution in [0.3, 0.4) is 0 Å². The highest BCUT2D eigenvalue weighted by molar-refractivity contribution is 5.89. The van der Waals surface area contributed by atoms with Crippen molar-refractivity contribution in [3.63, 3.8) is 0 Å². The molecule has 26 heavy (non-hydrogen) atoms. The SMILES string of the molecule is CCOC(=O)c1ccc(NC2CCN(Cc3ccc(F)cc3)C2=O)nc1. The Kier molecular flexibility index (Phi) is 5.46. The lowest BCUT2D eigenvalue weighted by molar-refractivity contribution is -0.128. The van der Waals surface area contributed by atoms with Crippen LogP contribution in [-0.2, 0) is 16.1 Å². The van der Waals surface area contributed by atoms with Gasteiger partial charge in [-0.05, 0) is 43.2 Å². The minimum absolute atomic E-state index is 0.0226. The van der Waals surface area contributed by atoms with Crippen LogP contribution >= 0.6 is 0 Å². The monoisotopic (exact) mass is 357 g/mol. The molecular formula is C19H20FN3O3. The van der Waals surface area contributed by atoms with E-state index in [1.807, 2.05) is 0 Å². The molecular weight excluding hydrogens is 337 g/mol. The molecule has 1 unspecified atom stereocenters. The first-order chi connectivity index (χ1) is 12.6. The van der Waals surface area contributed by atoms with Crippen LogP contribution in [0.25, 0.3) is 0 Å². The van der Waals surface area contributed by atoms with Crippen LogP contribution < -0.4 is 5.32 Å². The summed E-state index contributed by atoms with van der Waals surface area (Å²) in [6.45, 7) is 3.12. The number of amides is 1. The largest absolute Gasteiger partial charge is 0.462 e. The molecule has 0 bridgehead atoms. The molecule has 1 aliphatic rings. The second-order valence-electron chi connectivity index (χ2n) is 6.02. The van der Waals surface area contributed by atoms with Gasteiger partial charge < -0.3 is 15.0 Å². The van der Waals surface area contributed by atoms with E-state index in [-0.39, 0.29) is 17.8 Å². The predicted molar refractivity (Wildman–Crippen MR) is 94.0 cm³/mol. The van der Waals surface area contributed by atoms with Crippen molar-refractivity contribution >= 4 is 17.7 Å². The van der Waals surface area contributed by atoms with Gasteiger partial charge in [0.2, 0.25) is 5.91 Å². The molecule has 1 fully saturated rings. The molecule has 0 aliphatic carbocycles. The number of aromatic nitrogens is 1. The van der Waals surface area contributed by atoms with Crippen molar-refractivity contribution in [1.29, 1.82) is 0 Å². The number of pyridine rings is 1. The summed E-state index contributed by atoms with van der Waals surface area (Å²) in [5.74, 6) is -0.210. The molecule has 136 valence electrons. The highest BCUT2D eigenvalue weighted by Crippen LogP contribution is 2.19. The minimum Gasteiger partial charge on any atom is -0.462 e. The molecule has 2 aromatic rings. The summed E-state index contributed by atoms with van der Waals surface area (Å²) in [6.07, 6.45) is 2.08. The Morgan fingerprint density at radius 1 is 1.31 bits per heavy atom. The van der Waals surface area contributed by atoms with E-state index in [1.165, 1.54) is 18.3 Å². The smallest absolute Gasteiger partial charge is 0.339 e. The molecule has 1 aliphatic heterocycles. The number of nitrogens with zero attached hydrogens (tertiary/aromatic N) is 2. The maximum Gasteiger partial charge on any atom is 0.339 e. The normalized spacial score (nSPS) is 16.6. The van der Waals surface area contributed by atoms with Crippen molar-refractivity contribution < 1.29 is 18.7 Å². The number of nitrogens with one attached hydrogen (secondary N) is 1. The third-order valence-corrected chi connectivity index (χ3v) is 4.18. The van der Waals surface area contributed by atoms with Gasteiger partial charge in [-0.3, -0.25) is 4.79 Å². The third kappa shape index (κ3) is 4.17. The van der Waals surface area contributed by atoms with E-state index in [0.29, 0.717) is 37.5 Å². The molecule has 1 aromatic carbocycles. The average Bonchev–Trinajstić information content (AvgIpc) is 2.98. The Morgan fingerprint density at radius 3 is 2.73 bits per heavy atom. The summed E-state index contributed by atoms with van der Waals surface area (Å²) in [5, 5.41) is 3.10. The summed E-state index contributed by atoms with van der Waals surface area (Å²) in [5.41, 5.74) is 1.25. The number of hydrogen-bond acceptors (Lipinski definition) is 5. The molecule has 0 radical (unpaired) electrons. The number of esters is 1. The molecule has 1 saturated heterocycles. The summed E-state index contributed by atoms with van der Waals surface area (Å²) in [6, 6.07) is 9.04. The zero-order valence-electron chi connectivity index (χ0n) is 14.4.